The first-order valence-corrected chi connectivity index (χ1v) is 7.65. The van der Waals surface area contributed by atoms with Crippen LogP contribution in [0.4, 0.5) is 0 Å². The van der Waals surface area contributed by atoms with Gasteiger partial charge >= 0.3 is 5.97 Å². The SMILES string of the molecule is CC1CCC(C(C)C)C(OC(=O)C(N)CCS)C1. The first-order chi connectivity index (χ1) is 8.45. The molecule has 1 aliphatic rings. The molecule has 1 fully saturated rings. The summed E-state index contributed by atoms with van der Waals surface area (Å²) in [5.41, 5.74) is 5.78. The molecule has 0 spiro atoms. The largest absolute Gasteiger partial charge is 0.461 e. The van der Waals surface area contributed by atoms with Gasteiger partial charge in [0.15, 0.2) is 0 Å². The van der Waals surface area contributed by atoms with Crippen molar-refractivity contribution in [3.05, 3.63) is 0 Å². The van der Waals surface area contributed by atoms with Crippen molar-refractivity contribution in [1.82, 2.24) is 0 Å². The molecule has 0 radical (unpaired) electrons. The Labute approximate surface area is 116 Å². The zero-order valence-electron chi connectivity index (χ0n) is 11.8. The van der Waals surface area contributed by atoms with E-state index in [-0.39, 0.29) is 12.1 Å². The van der Waals surface area contributed by atoms with Gasteiger partial charge in [-0.25, -0.2) is 0 Å². The molecule has 2 N–H and O–H groups in total. The van der Waals surface area contributed by atoms with Crippen LogP contribution < -0.4 is 5.73 Å². The Hall–Kier alpha value is -0.220. The Kier molecular flexibility index (Phi) is 6.50. The molecule has 0 aliphatic heterocycles. The maximum absolute atomic E-state index is 11.9. The van der Waals surface area contributed by atoms with Crippen molar-refractivity contribution in [2.45, 2.75) is 58.6 Å². The minimum atomic E-state index is -0.521. The van der Waals surface area contributed by atoms with E-state index >= 15 is 0 Å². The van der Waals surface area contributed by atoms with Crippen molar-refractivity contribution in [2.24, 2.45) is 23.5 Å². The predicted molar refractivity (Wildman–Crippen MR) is 77.7 cm³/mol. The van der Waals surface area contributed by atoms with Gasteiger partial charge in [-0.05, 0) is 42.8 Å². The van der Waals surface area contributed by atoms with Crippen molar-refractivity contribution >= 4 is 18.6 Å². The molecule has 4 heteroatoms. The van der Waals surface area contributed by atoms with Gasteiger partial charge in [-0.3, -0.25) is 4.79 Å². The third-order valence-corrected chi connectivity index (χ3v) is 4.23. The molecule has 106 valence electrons. The number of hydrogen-bond donors (Lipinski definition) is 2. The standard InChI is InChI=1S/C14H27NO2S/c1-9(2)11-5-4-10(3)8-13(11)17-14(16)12(15)6-7-18/h9-13,18H,4-8,15H2,1-3H3. The summed E-state index contributed by atoms with van der Waals surface area (Å²) in [6.07, 6.45) is 3.99. The lowest BCUT2D eigenvalue weighted by Crippen LogP contribution is -2.41. The second-order valence-corrected chi connectivity index (χ2v) is 6.37. The van der Waals surface area contributed by atoms with Crippen LogP contribution in [0, 0.1) is 17.8 Å². The first-order valence-electron chi connectivity index (χ1n) is 7.02. The highest BCUT2D eigenvalue weighted by Crippen LogP contribution is 2.35. The van der Waals surface area contributed by atoms with E-state index in [1.807, 2.05) is 0 Å². The zero-order valence-corrected chi connectivity index (χ0v) is 12.7. The molecule has 1 saturated carbocycles. The van der Waals surface area contributed by atoms with Crippen LogP contribution in [0.2, 0.25) is 0 Å². The van der Waals surface area contributed by atoms with Gasteiger partial charge < -0.3 is 10.5 Å². The van der Waals surface area contributed by atoms with E-state index in [2.05, 4.69) is 33.4 Å². The van der Waals surface area contributed by atoms with Gasteiger partial charge in [-0.1, -0.05) is 27.2 Å². The van der Waals surface area contributed by atoms with Crippen molar-refractivity contribution in [1.29, 1.82) is 0 Å². The highest BCUT2D eigenvalue weighted by Gasteiger charge is 2.34. The van der Waals surface area contributed by atoms with Crippen LogP contribution in [0.5, 0.6) is 0 Å². The van der Waals surface area contributed by atoms with Crippen molar-refractivity contribution < 1.29 is 9.53 Å². The van der Waals surface area contributed by atoms with E-state index in [0.717, 1.165) is 12.8 Å². The zero-order chi connectivity index (χ0) is 13.7. The van der Waals surface area contributed by atoms with E-state index in [9.17, 15) is 4.79 Å². The molecule has 0 aromatic carbocycles. The van der Waals surface area contributed by atoms with E-state index in [1.54, 1.807) is 0 Å². The summed E-state index contributed by atoms with van der Waals surface area (Å²) < 4.78 is 5.65. The van der Waals surface area contributed by atoms with Crippen LogP contribution in [-0.4, -0.2) is 23.9 Å². The number of carbonyl (C=O) groups excluding carboxylic acids is 1. The lowest BCUT2D eigenvalue weighted by molar-refractivity contribution is -0.157. The van der Waals surface area contributed by atoms with Gasteiger partial charge in [0.2, 0.25) is 0 Å². The number of rotatable bonds is 5. The number of esters is 1. The second kappa shape index (κ2) is 7.39. The third kappa shape index (κ3) is 4.47. The summed E-state index contributed by atoms with van der Waals surface area (Å²) in [5.74, 6) is 2.03. The van der Waals surface area contributed by atoms with Gasteiger partial charge in [0.25, 0.3) is 0 Å². The number of carbonyl (C=O) groups is 1. The lowest BCUT2D eigenvalue weighted by atomic mass is 9.75. The smallest absolute Gasteiger partial charge is 0.323 e. The van der Waals surface area contributed by atoms with Crippen LogP contribution in [0.25, 0.3) is 0 Å². The molecule has 3 nitrogen and oxygen atoms in total. The lowest BCUT2D eigenvalue weighted by Gasteiger charge is -2.37. The molecule has 1 rings (SSSR count). The maximum atomic E-state index is 11.9. The second-order valence-electron chi connectivity index (χ2n) is 5.92. The maximum Gasteiger partial charge on any atom is 0.323 e. The molecule has 0 heterocycles. The summed E-state index contributed by atoms with van der Waals surface area (Å²) in [6, 6.07) is -0.521. The molecule has 4 atom stereocenters. The fourth-order valence-corrected chi connectivity index (χ4v) is 3.02. The van der Waals surface area contributed by atoms with E-state index in [4.69, 9.17) is 10.5 Å². The average molecular weight is 273 g/mol. The molecule has 1 aliphatic carbocycles. The first kappa shape index (κ1) is 15.8. The fourth-order valence-electron chi connectivity index (χ4n) is 2.74. The Bertz CT molecular complexity index is 271. The highest BCUT2D eigenvalue weighted by molar-refractivity contribution is 7.80. The monoisotopic (exact) mass is 273 g/mol. The third-order valence-electron chi connectivity index (χ3n) is 3.97. The van der Waals surface area contributed by atoms with Gasteiger partial charge in [0.1, 0.15) is 12.1 Å². The Morgan fingerprint density at radius 2 is 2.11 bits per heavy atom. The highest BCUT2D eigenvalue weighted by atomic mass is 32.1. The predicted octanol–water partition coefficient (Wildman–Crippen LogP) is 2.64. The molecule has 4 unspecified atom stereocenters. The summed E-state index contributed by atoms with van der Waals surface area (Å²) in [5, 5.41) is 0. The van der Waals surface area contributed by atoms with E-state index in [1.165, 1.54) is 6.42 Å². The Balaban J connectivity index is 2.57. The number of thiol groups is 1. The molecule has 0 aromatic heterocycles. The van der Waals surface area contributed by atoms with Gasteiger partial charge in [-0.2, -0.15) is 12.6 Å². The van der Waals surface area contributed by atoms with Crippen LogP contribution >= 0.6 is 12.6 Å². The van der Waals surface area contributed by atoms with Crippen LogP contribution in [-0.2, 0) is 9.53 Å². The Morgan fingerprint density at radius 3 is 2.67 bits per heavy atom. The molecular weight excluding hydrogens is 246 g/mol. The molecule has 18 heavy (non-hydrogen) atoms. The minimum absolute atomic E-state index is 0.0483. The topological polar surface area (TPSA) is 52.3 Å². The summed E-state index contributed by atoms with van der Waals surface area (Å²) >= 11 is 4.10. The summed E-state index contributed by atoms with van der Waals surface area (Å²) in [4.78, 5) is 11.9. The molecule has 0 saturated heterocycles. The Morgan fingerprint density at radius 1 is 1.44 bits per heavy atom. The van der Waals surface area contributed by atoms with E-state index < -0.39 is 6.04 Å². The minimum Gasteiger partial charge on any atom is -0.461 e. The molecule has 0 aromatic rings. The van der Waals surface area contributed by atoms with Crippen molar-refractivity contribution in [3.8, 4) is 0 Å². The van der Waals surface area contributed by atoms with Gasteiger partial charge in [-0.15, -0.1) is 0 Å². The normalized spacial score (nSPS) is 30.2. The molecular formula is C14H27NO2S. The summed E-state index contributed by atoms with van der Waals surface area (Å²) in [7, 11) is 0. The van der Waals surface area contributed by atoms with Crippen molar-refractivity contribution in [2.75, 3.05) is 5.75 Å². The number of ether oxygens (including phenoxy) is 1. The molecule has 0 amide bonds. The van der Waals surface area contributed by atoms with Crippen LogP contribution in [0.3, 0.4) is 0 Å². The molecule has 0 bridgehead atoms. The van der Waals surface area contributed by atoms with Gasteiger partial charge in [0.05, 0.1) is 0 Å². The summed E-state index contributed by atoms with van der Waals surface area (Å²) in [6.45, 7) is 6.63. The fraction of sp³-hybridized carbons (Fsp3) is 0.929. The van der Waals surface area contributed by atoms with Crippen LogP contribution in [0.1, 0.15) is 46.5 Å². The number of hydrogen-bond acceptors (Lipinski definition) is 4. The van der Waals surface area contributed by atoms with E-state index in [0.29, 0.717) is 29.9 Å². The quantitative estimate of drug-likeness (QED) is 0.598. The van der Waals surface area contributed by atoms with Gasteiger partial charge in [0, 0.05) is 0 Å². The van der Waals surface area contributed by atoms with Crippen LogP contribution in [0.15, 0.2) is 0 Å². The van der Waals surface area contributed by atoms with Crippen molar-refractivity contribution in [3.63, 3.8) is 0 Å². The average Bonchev–Trinajstić information content (AvgIpc) is 2.28. The number of nitrogens with two attached hydrogens (primary N) is 1.